The first-order valence-electron chi connectivity index (χ1n) is 12.8. The molecule has 2 fully saturated rings. The Morgan fingerprint density at radius 1 is 1.00 bits per heavy atom. The fraction of sp³-hybridized carbons (Fsp3) is 0.345. The number of carbonyl (C=O) groups excluding carboxylic acids is 3. The number of carbonyl (C=O) groups is 3. The first-order chi connectivity index (χ1) is 18.0. The van der Waals surface area contributed by atoms with E-state index in [1.165, 1.54) is 0 Å². The molecule has 1 N–H and O–H groups in total. The number of fused-ring (bicyclic) bond motifs is 2. The van der Waals surface area contributed by atoms with Gasteiger partial charge in [0.25, 0.3) is 5.91 Å². The largest absolute Gasteiger partial charge is 0.490 e. The second-order valence-corrected chi connectivity index (χ2v) is 9.97. The van der Waals surface area contributed by atoms with Crippen LogP contribution in [0.4, 0.5) is 4.79 Å². The molecule has 37 heavy (non-hydrogen) atoms. The molecule has 4 amide bonds. The molecule has 3 aliphatic heterocycles. The van der Waals surface area contributed by atoms with Crippen LogP contribution in [0.3, 0.4) is 0 Å². The van der Waals surface area contributed by atoms with Gasteiger partial charge in [0.2, 0.25) is 5.91 Å². The molecule has 2 saturated heterocycles. The van der Waals surface area contributed by atoms with E-state index in [0.29, 0.717) is 36.8 Å². The third-order valence-electron chi connectivity index (χ3n) is 7.63. The number of rotatable bonds is 4. The zero-order chi connectivity index (χ0) is 25.6. The van der Waals surface area contributed by atoms with E-state index in [9.17, 15) is 14.4 Å². The number of amides is 4. The summed E-state index contributed by atoms with van der Waals surface area (Å²) in [5, 5.41) is 4.73. The smallest absolute Gasteiger partial charge is 0.325 e. The van der Waals surface area contributed by atoms with Gasteiger partial charge in [-0.25, -0.2) is 4.79 Å². The fourth-order valence-corrected chi connectivity index (χ4v) is 5.71. The average molecular weight is 500 g/mol. The molecule has 0 aromatic heterocycles. The van der Waals surface area contributed by atoms with Gasteiger partial charge >= 0.3 is 6.03 Å². The highest BCUT2D eigenvalue weighted by Crippen LogP contribution is 2.39. The van der Waals surface area contributed by atoms with Crippen molar-refractivity contribution in [3.63, 3.8) is 0 Å². The Labute approximate surface area is 215 Å². The number of likely N-dealkylation sites (tertiary alicyclic amines) is 1. The van der Waals surface area contributed by atoms with Gasteiger partial charge in [-0.1, -0.05) is 48.5 Å². The fourth-order valence-electron chi connectivity index (χ4n) is 5.71. The average Bonchev–Trinajstić information content (AvgIpc) is 3.39. The minimum absolute atomic E-state index is 0.144. The summed E-state index contributed by atoms with van der Waals surface area (Å²) in [7, 11) is 0. The maximum absolute atomic E-state index is 13.6. The zero-order valence-corrected chi connectivity index (χ0v) is 20.7. The summed E-state index contributed by atoms with van der Waals surface area (Å²) in [5.74, 6) is 0.729. The van der Waals surface area contributed by atoms with Crippen molar-refractivity contribution in [2.45, 2.75) is 37.8 Å². The van der Waals surface area contributed by atoms with E-state index in [2.05, 4.69) is 5.32 Å². The molecule has 0 saturated carbocycles. The quantitative estimate of drug-likeness (QED) is 0.546. The van der Waals surface area contributed by atoms with Crippen molar-refractivity contribution in [1.29, 1.82) is 0 Å². The van der Waals surface area contributed by atoms with Crippen molar-refractivity contribution in [3.05, 3.63) is 71.8 Å². The van der Waals surface area contributed by atoms with E-state index in [1.807, 2.05) is 60.7 Å². The monoisotopic (exact) mass is 499 g/mol. The molecule has 2 atom stereocenters. The lowest BCUT2D eigenvalue weighted by Gasteiger charge is -2.28. The zero-order valence-electron chi connectivity index (χ0n) is 20.7. The molecule has 0 aliphatic carbocycles. The molecule has 3 heterocycles. The number of urea groups is 1. The lowest BCUT2D eigenvalue weighted by Crippen LogP contribution is -2.44. The van der Waals surface area contributed by atoms with Crippen LogP contribution in [-0.4, -0.2) is 53.9 Å². The second kappa shape index (κ2) is 9.10. The predicted molar refractivity (Wildman–Crippen MR) is 137 cm³/mol. The van der Waals surface area contributed by atoms with Gasteiger partial charge in [-0.2, -0.15) is 0 Å². The van der Waals surface area contributed by atoms with Crippen molar-refractivity contribution in [1.82, 2.24) is 15.1 Å². The predicted octanol–water partition coefficient (Wildman–Crippen LogP) is 4.13. The van der Waals surface area contributed by atoms with E-state index >= 15 is 0 Å². The summed E-state index contributed by atoms with van der Waals surface area (Å²) >= 11 is 0. The molecule has 0 radical (unpaired) electrons. The highest BCUT2D eigenvalue weighted by Gasteiger charge is 2.50. The van der Waals surface area contributed by atoms with Gasteiger partial charge in [-0.3, -0.25) is 14.5 Å². The Kier molecular flexibility index (Phi) is 5.74. The third-order valence-corrected chi connectivity index (χ3v) is 7.63. The van der Waals surface area contributed by atoms with Crippen LogP contribution in [0.5, 0.6) is 11.5 Å². The Morgan fingerprint density at radius 2 is 1.78 bits per heavy atom. The molecule has 190 valence electrons. The van der Waals surface area contributed by atoms with E-state index in [-0.39, 0.29) is 18.5 Å². The van der Waals surface area contributed by atoms with Crippen LogP contribution < -0.4 is 14.8 Å². The van der Waals surface area contributed by atoms with Crippen LogP contribution in [0.2, 0.25) is 0 Å². The molecule has 8 heteroatoms. The van der Waals surface area contributed by atoms with Gasteiger partial charge in [0, 0.05) is 13.0 Å². The minimum atomic E-state index is -1.25. The molecule has 3 aromatic carbocycles. The molecule has 0 spiro atoms. The van der Waals surface area contributed by atoms with E-state index in [1.54, 1.807) is 11.8 Å². The first-order valence-corrected chi connectivity index (χ1v) is 12.8. The Balaban J connectivity index is 1.23. The van der Waals surface area contributed by atoms with Crippen LogP contribution in [-0.2, 0) is 15.1 Å². The number of imide groups is 1. The Morgan fingerprint density at radius 3 is 2.65 bits per heavy atom. The summed E-state index contributed by atoms with van der Waals surface area (Å²) in [5.41, 5.74) is 0.426. The summed E-state index contributed by atoms with van der Waals surface area (Å²) in [6.45, 7) is 3.18. The van der Waals surface area contributed by atoms with Crippen LogP contribution in [0.1, 0.15) is 43.4 Å². The summed E-state index contributed by atoms with van der Waals surface area (Å²) in [4.78, 5) is 42.9. The Bertz CT molecular complexity index is 1400. The van der Waals surface area contributed by atoms with Crippen molar-refractivity contribution >= 4 is 28.6 Å². The lowest BCUT2D eigenvalue weighted by atomic mass is 9.88. The van der Waals surface area contributed by atoms with Crippen molar-refractivity contribution in [2.75, 3.05) is 26.3 Å². The van der Waals surface area contributed by atoms with Crippen LogP contribution in [0, 0.1) is 0 Å². The molecular formula is C29H29N3O5. The maximum Gasteiger partial charge on any atom is 0.325 e. The summed E-state index contributed by atoms with van der Waals surface area (Å²) in [6, 6.07) is 18.6. The topological polar surface area (TPSA) is 88.2 Å². The number of hydrogen-bond acceptors (Lipinski definition) is 5. The van der Waals surface area contributed by atoms with Crippen LogP contribution >= 0.6 is 0 Å². The van der Waals surface area contributed by atoms with E-state index < -0.39 is 17.5 Å². The molecule has 6 rings (SSSR count). The third kappa shape index (κ3) is 3.97. The maximum atomic E-state index is 13.6. The van der Waals surface area contributed by atoms with Gasteiger partial charge in [0.15, 0.2) is 11.5 Å². The molecule has 0 unspecified atom stereocenters. The van der Waals surface area contributed by atoms with Gasteiger partial charge in [0.05, 0.1) is 19.3 Å². The van der Waals surface area contributed by atoms with Crippen molar-refractivity contribution < 1.29 is 23.9 Å². The molecule has 3 aromatic rings. The highest BCUT2D eigenvalue weighted by molar-refractivity contribution is 6.10. The number of benzene rings is 3. The van der Waals surface area contributed by atoms with Crippen molar-refractivity contribution in [2.24, 2.45) is 0 Å². The summed E-state index contributed by atoms with van der Waals surface area (Å²) in [6.07, 6.45) is 2.47. The molecule has 3 aliphatic rings. The van der Waals surface area contributed by atoms with Gasteiger partial charge < -0.3 is 19.7 Å². The number of nitrogens with zero attached hydrogens (tertiary/aromatic N) is 2. The highest BCUT2D eigenvalue weighted by atomic mass is 16.5. The molecular weight excluding hydrogens is 470 g/mol. The van der Waals surface area contributed by atoms with E-state index in [4.69, 9.17) is 9.47 Å². The standard InChI is InChI=1S/C29H29N3O5/c1-29(22-10-4-8-19-7-2-3-9-21(19)22)27(34)32(28(35)30-29)18-26(33)31-14-5-11-23(31)20-12-13-24-25(17-20)37-16-6-15-36-24/h2-4,7-10,12-13,17,23H,5-6,11,14-16,18H2,1H3,(H,30,35)/t23-,29-/m1/s1. The van der Waals surface area contributed by atoms with Gasteiger partial charge in [0.1, 0.15) is 12.1 Å². The second-order valence-electron chi connectivity index (χ2n) is 9.97. The SMILES string of the molecule is C[C@]1(c2cccc3ccccc23)NC(=O)N(CC(=O)N2CCC[C@@H]2c2ccc3c(c2)OCCCO3)C1=O. The number of ether oxygens (including phenoxy) is 2. The normalized spacial score (nSPS) is 23.3. The van der Waals surface area contributed by atoms with Crippen LogP contribution in [0.15, 0.2) is 60.7 Å². The molecule has 0 bridgehead atoms. The number of hydrogen-bond donors (Lipinski definition) is 1. The lowest BCUT2D eigenvalue weighted by molar-refractivity contribution is -0.139. The molecule has 8 nitrogen and oxygen atoms in total. The number of nitrogens with one attached hydrogen (secondary N) is 1. The van der Waals surface area contributed by atoms with Gasteiger partial charge in [-0.05, 0) is 53.8 Å². The minimum Gasteiger partial charge on any atom is -0.490 e. The Hall–Kier alpha value is -4.07. The van der Waals surface area contributed by atoms with E-state index in [0.717, 1.165) is 40.5 Å². The van der Waals surface area contributed by atoms with Crippen molar-refractivity contribution in [3.8, 4) is 11.5 Å². The summed E-state index contributed by atoms with van der Waals surface area (Å²) < 4.78 is 11.6. The van der Waals surface area contributed by atoms with Gasteiger partial charge in [-0.15, -0.1) is 0 Å². The van der Waals surface area contributed by atoms with Crippen LogP contribution in [0.25, 0.3) is 10.8 Å². The first kappa shape index (κ1) is 23.3.